The van der Waals surface area contributed by atoms with Crippen molar-refractivity contribution >= 4 is 17.3 Å². The highest BCUT2D eigenvalue weighted by Gasteiger charge is 2.68. The second kappa shape index (κ2) is 10.4. The summed E-state index contributed by atoms with van der Waals surface area (Å²) in [4.78, 5) is 34.8. The molecule has 0 saturated heterocycles. The van der Waals surface area contributed by atoms with E-state index < -0.39 is 27.2 Å². The van der Waals surface area contributed by atoms with Crippen LogP contribution in [-0.2, 0) is 4.74 Å². The van der Waals surface area contributed by atoms with Gasteiger partial charge in [-0.25, -0.2) is 4.79 Å². The molecule has 0 radical (unpaired) electrons. The van der Waals surface area contributed by atoms with Gasteiger partial charge in [0.2, 0.25) is 0 Å². The first-order valence-electron chi connectivity index (χ1n) is 17.2. The molecule has 1 aromatic rings. The van der Waals surface area contributed by atoms with Gasteiger partial charge in [-0.3, -0.25) is 20.2 Å². The van der Waals surface area contributed by atoms with Crippen LogP contribution in [-0.4, -0.2) is 21.9 Å². The van der Waals surface area contributed by atoms with E-state index in [2.05, 4.69) is 61.5 Å². The molecule has 0 N–H and O–H groups in total. The molecule has 45 heavy (non-hydrogen) atoms. The molecule has 5 aliphatic carbocycles. The number of benzene rings is 1. The number of nitro benzene ring substituents is 2. The van der Waals surface area contributed by atoms with E-state index in [4.69, 9.17) is 4.74 Å². The van der Waals surface area contributed by atoms with Gasteiger partial charge < -0.3 is 4.74 Å². The van der Waals surface area contributed by atoms with Crippen LogP contribution < -0.4 is 0 Å². The van der Waals surface area contributed by atoms with Gasteiger partial charge in [0.25, 0.3) is 11.4 Å². The van der Waals surface area contributed by atoms with Crippen LogP contribution in [0.25, 0.3) is 0 Å². The number of ether oxygens (including phenoxy) is 1. The fourth-order valence-corrected chi connectivity index (χ4v) is 12.2. The van der Waals surface area contributed by atoms with Crippen molar-refractivity contribution in [3.05, 3.63) is 55.6 Å². The van der Waals surface area contributed by atoms with E-state index in [0.717, 1.165) is 49.8 Å². The SMILES string of the molecule is C[C@@H]1[C@H](C)CC[C@@]2(C)CC[C@]3(C)C(=CC[C@@H]4[C@@]5(C)CC[C@H](OC(=O)c6cc([N+](=O)[O-])cc([N+](=O)[O-])c6)C(C)(C)[C@@H]5CC[C@@]43C)[C@H]12. The summed E-state index contributed by atoms with van der Waals surface area (Å²) in [5.74, 6) is 2.28. The van der Waals surface area contributed by atoms with Crippen LogP contribution in [0, 0.1) is 76.9 Å². The van der Waals surface area contributed by atoms with Gasteiger partial charge in [-0.2, -0.15) is 0 Å². The molecule has 6 rings (SSSR count). The van der Waals surface area contributed by atoms with Crippen LogP contribution in [0.1, 0.15) is 124 Å². The first-order valence-corrected chi connectivity index (χ1v) is 17.2. The van der Waals surface area contributed by atoms with Crippen LogP contribution in [0.15, 0.2) is 29.8 Å². The molecule has 0 bridgehead atoms. The third-order valence-electron chi connectivity index (χ3n) is 15.1. The fraction of sp³-hybridized carbons (Fsp3) is 0.757. The van der Waals surface area contributed by atoms with E-state index in [1.807, 2.05) is 0 Å². The van der Waals surface area contributed by atoms with Crippen molar-refractivity contribution in [1.29, 1.82) is 0 Å². The lowest BCUT2D eigenvalue weighted by atomic mass is 9.33. The zero-order valence-corrected chi connectivity index (χ0v) is 28.5. The zero-order chi connectivity index (χ0) is 32.9. The van der Waals surface area contributed by atoms with Crippen molar-refractivity contribution < 1.29 is 19.4 Å². The fourth-order valence-electron chi connectivity index (χ4n) is 12.2. The summed E-state index contributed by atoms with van der Waals surface area (Å²) in [5, 5.41) is 22.9. The molecular formula is C37H52N2O6. The Morgan fingerprint density at radius 3 is 2.09 bits per heavy atom. The second-order valence-corrected chi connectivity index (χ2v) is 17.3. The van der Waals surface area contributed by atoms with E-state index in [1.165, 1.54) is 25.7 Å². The third-order valence-corrected chi connectivity index (χ3v) is 15.1. The number of hydrogen-bond donors (Lipinski definition) is 0. The highest BCUT2D eigenvalue weighted by Crippen LogP contribution is 2.75. The molecule has 5 aliphatic rings. The maximum Gasteiger partial charge on any atom is 0.338 e. The Morgan fingerprint density at radius 2 is 1.47 bits per heavy atom. The second-order valence-electron chi connectivity index (χ2n) is 17.3. The lowest BCUT2D eigenvalue weighted by Gasteiger charge is -2.71. The normalized spacial score (nSPS) is 43.4. The Bertz CT molecular complexity index is 1440. The van der Waals surface area contributed by atoms with E-state index in [0.29, 0.717) is 35.5 Å². The van der Waals surface area contributed by atoms with Crippen molar-refractivity contribution in [3.63, 3.8) is 0 Å². The van der Waals surface area contributed by atoms with Crippen LogP contribution in [0.4, 0.5) is 11.4 Å². The van der Waals surface area contributed by atoms with E-state index in [1.54, 1.807) is 5.57 Å². The Morgan fingerprint density at radius 1 is 0.822 bits per heavy atom. The van der Waals surface area contributed by atoms with E-state index >= 15 is 0 Å². The van der Waals surface area contributed by atoms with Crippen molar-refractivity contribution in [2.45, 2.75) is 119 Å². The molecule has 8 heteroatoms. The monoisotopic (exact) mass is 620 g/mol. The largest absolute Gasteiger partial charge is 0.458 e. The summed E-state index contributed by atoms with van der Waals surface area (Å²) in [6.45, 7) is 19.7. The van der Waals surface area contributed by atoms with Crippen LogP contribution in [0.5, 0.6) is 0 Å². The molecule has 10 atom stereocenters. The third kappa shape index (κ3) is 4.54. The Kier molecular flexibility index (Phi) is 7.41. The number of non-ortho nitro benzene ring substituents is 2. The maximum absolute atomic E-state index is 13.4. The zero-order valence-electron chi connectivity index (χ0n) is 28.5. The number of hydrogen-bond acceptors (Lipinski definition) is 6. The average Bonchev–Trinajstić information content (AvgIpc) is 2.97. The Labute approximate surface area is 268 Å². The summed E-state index contributed by atoms with van der Waals surface area (Å²) < 4.78 is 6.12. The number of carbonyl (C=O) groups is 1. The summed E-state index contributed by atoms with van der Waals surface area (Å²) in [6, 6.07) is 3.03. The van der Waals surface area contributed by atoms with Crippen molar-refractivity contribution in [2.75, 3.05) is 0 Å². The molecular weight excluding hydrogens is 568 g/mol. The van der Waals surface area contributed by atoms with Crippen molar-refractivity contribution in [1.82, 2.24) is 0 Å². The van der Waals surface area contributed by atoms with Crippen LogP contribution in [0.3, 0.4) is 0 Å². The molecule has 0 spiro atoms. The van der Waals surface area contributed by atoms with Crippen molar-refractivity contribution in [2.24, 2.45) is 56.7 Å². The van der Waals surface area contributed by atoms with Gasteiger partial charge in [0.05, 0.1) is 21.5 Å². The highest BCUT2D eigenvalue weighted by molar-refractivity contribution is 5.91. The summed E-state index contributed by atoms with van der Waals surface area (Å²) in [5.41, 5.74) is 1.20. The molecule has 0 aliphatic heterocycles. The Balaban J connectivity index is 1.29. The molecule has 1 aromatic carbocycles. The number of esters is 1. The van der Waals surface area contributed by atoms with Gasteiger partial charge >= 0.3 is 5.97 Å². The average molecular weight is 621 g/mol. The summed E-state index contributed by atoms with van der Waals surface area (Å²) in [6.07, 6.45) is 12.6. The predicted octanol–water partition coefficient (Wildman–Crippen LogP) is 9.71. The minimum Gasteiger partial charge on any atom is -0.458 e. The lowest BCUT2D eigenvalue weighted by Crippen LogP contribution is -2.65. The van der Waals surface area contributed by atoms with Gasteiger partial charge in [-0.15, -0.1) is 0 Å². The van der Waals surface area contributed by atoms with Gasteiger partial charge in [0.1, 0.15) is 6.10 Å². The molecule has 0 heterocycles. The van der Waals surface area contributed by atoms with E-state index in [-0.39, 0.29) is 33.3 Å². The van der Waals surface area contributed by atoms with Gasteiger partial charge in [0, 0.05) is 17.5 Å². The predicted molar refractivity (Wildman–Crippen MR) is 174 cm³/mol. The van der Waals surface area contributed by atoms with E-state index in [9.17, 15) is 25.0 Å². The molecule has 246 valence electrons. The molecule has 0 unspecified atom stereocenters. The number of rotatable bonds is 4. The smallest absolute Gasteiger partial charge is 0.338 e. The molecule has 0 amide bonds. The van der Waals surface area contributed by atoms with Gasteiger partial charge in [-0.05, 0) is 109 Å². The first-order chi connectivity index (χ1) is 20.9. The molecule has 4 fully saturated rings. The summed E-state index contributed by atoms with van der Waals surface area (Å²) >= 11 is 0. The number of carbonyl (C=O) groups excluding carboxylic acids is 1. The highest BCUT2D eigenvalue weighted by atomic mass is 16.6. The summed E-state index contributed by atoms with van der Waals surface area (Å²) in [7, 11) is 0. The number of nitrogens with zero attached hydrogens (tertiary/aromatic N) is 2. The first kappa shape index (κ1) is 32.2. The van der Waals surface area contributed by atoms with Gasteiger partial charge in [-0.1, -0.05) is 67.0 Å². The van der Waals surface area contributed by atoms with Crippen LogP contribution in [0.2, 0.25) is 0 Å². The number of fused-ring (bicyclic) bond motifs is 7. The number of nitro groups is 2. The molecule has 4 saturated carbocycles. The maximum atomic E-state index is 13.4. The minimum atomic E-state index is -0.733. The van der Waals surface area contributed by atoms with Crippen LogP contribution >= 0.6 is 0 Å². The molecule has 0 aromatic heterocycles. The standard InChI is InChI=1S/C37H52N2O6/c1-22-11-14-34(5)17-18-36(7)27(31(34)23(22)2)9-10-29-35(6)15-13-30(33(3,4)28(35)12-16-37(29,36)8)45-32(40)24-19-25(38(41)42)21-26(20-24)39(43)44/h9,19-23,28-31H,10-18H2,1-8H3/t22-,23-,28+,29-,30+,31+,34+,35+,36-,37+/m1/s1. The lowest BCUT2D eigenvalue weighted by molar-refractivity contribution is -0.394. The van der Waals surface area contributed by atoms with Crippen molar-refractivity contribution in [3.8, 4) is 0 Å². The quantitative estimate of drug-likeness (QED) is 0.143. The van der Waals surface area contributed by atoms with Gasteiger partial charge in [0.15, 0.2) is 0 Å². The minimum absolute atomic E-state index is 0.0843. The number of allylic oxidation sites excluding steroid dienone is 2. The topological polar surface area (TPSA) is 113 Å². The Hall–Kier alpha value is -2.77. The molecule has 8 nitrogen and oxygen atoms in total.